The van der Waals surface area contributed by atoms with Crippen LogP contribution >= 0.6 is 11.8 Å². The molecule has 0 spiro atoms. The van der Waals surface area contributed by atoms with E-state index in [0.717, 1.165) is 24.3 Å². The molecule has 1 aromatic carbocycles. The van der Waals surface area contributed by atoms with E-state index in [1.165, 1.54) is 12.0 Å². The predicted molar refractivity (Wildman–Crippen MR) is 72.8 cm³/mol. The van der Waals surface area contributed by atoms with Crippen LogP contribution in [0.4, 0.5) is 5.69 Å². The molecule has 0 saturated carbocycles. The van der Waals surface area contributed by atoms with Gasteiger partial charge in [-0.1, -0.05) is 19.1 Å². The van der Waals surface area contributed by atoms with Gasteiger partial charge in [-0.25, -0.2) is 0 Å². The summed E-state index contributed by atoms with van der Waals surface area (Å²) in [6, 6.07) is 8.10. The third-order valence-corrected chi connectivity index (χ3v) is 3.86. The second kappa shape index (κ2) is 7.58. The highest BCUT2D eigenvalue weighted by molar-refractivity contribution is 7.99. The number of anilines is 1. The van der Waals surface area contributed by atoms with Crippen LogP contribution in [0.25, 0.3) is 0 Å². The maximum absolute atomic E-state index is 8.77. The second-order valence-electron chi connectivity index (χ2n) is 4.04. The summed E-state index contributed by atoms with van der Waals surface area (Å²) in [6.07, 6.45) is 3.19. The molecule has 0 fully saturated rings. The van der Waals surface area contributed by atoms with Gasteiger partial charge in [-0.15, -0.1) is 0 Å². The molecule has 3 heteroatoms. The van der Waals surface area contributed by atoms with E-state index in [1.807, 2.05) is 23.9 Å². The number of hydrogen-bond donors (Lipinski definition) is 2. The topological polar surface area (TPSA) is 46.2 Å². The molecule has 0 aliphatic rings. The van der Waals surface area contributed by atoms with Crippen molar-refractivity contribution in [3.05, 3.63) is 29.8 Å². The number of hydrogen-bond acceptors (Lipinski definition) is 3. The molecule has 1 rings (SSSR count). The number of benzene rings is 1. The van der Waals surface area contributed by atoms with Crippen LogP contribution in [0.3, 0.4) is 0 Å². The molecule has 0 aliphatic carbocycles. The first-order valence-corrected chi connectivity index (χ1v) is 6.84. The summed E-state index contributed by atoms with van der Waals surface area (Å²) in [5.41, 5.74) is 7.81. The summed E-state index contributed by atoms with van der Waals surface area (Å²) in [5, 5.41) is 9.34. The fourth-order valence-electron chi connectivity index (χ4n) is 1.51. The number of nitrogens with two attached hydrogens (primary N) is 1. The molecule has 0 amide bonds. The Kier molecular flexibility index (Phi) is 6.34. The SMILES string of the molecule is CC(CCO)SCCCc1ccc(N)cc1. The van der Waals surface area contributed by atoms with Crippen LogP contribution in [0.1, 0.15) is 25.3 Å². The van der Waals surface area contributed by atoms with Crippen molar-refractivity contribution in [1.29, 1.82) is 0 Å². The first-order chi connectivity index (χ1) is 7.72. The van der Waals surface area contributed by atoms with Gasteiger partial charge >= 0.3 is 0 Å². The molecule has 0 radical (unpaired) electrons. The zero-order valence-electron chi connectivity index (χ0n) is 9.86. The summed E-state index contributed by atoms with van der Waals surface area (Å²) >= 11 is 1.94. The van der Waals surface area contributed by atoms with E-state index in [-0.39, 0.29) is 0 Å². The van der Waals surface area contributed by atoms with Gasteiger partial charge in [0.15, 0.2) is 0 Å². The fraction of sp³-hybridized carbons (Fsp3) is 0.538. The number of aliphatic hydroxyl groups is 1. The normalized spacial score (nSPS) is 12.6. The van der Waals surface area contributed by atoms with Gasteiger partial charge in [-0.3, -0.25) is 0 Å². The average Bonchev–Trinajstić information content (AvgIpc) is 2.27. The number of aryl methyl sites for hydroxylation is 1. The van der Waals surface area contributed by atoms with Crippen molar-refractivity contribution in [2.75, 3.05) is 18.1 Å². The van der Waals surface area contributed by atoms with E-state index in [4.69, 9.17) is 10.8 Å². The lowest BCUT2D eigenvalue weighted by Crippen LogP contribution is -2.01. The average molecular weight is 239 g/mol. The molecule has 2 nitrogen and oxygen atoms in total. The Morgan fingerprint density at radius 3 is 2.62 bits per heavy atom. The van der Waals surface area contributed by atoms with Crippen molar-refractivity contribution >= 4 is 17.4 Å². The number of thioether (sulfide) groups is 1. The number of aliphatic hydroxyl groups excluding tert-OH is 1. The molecule has 16 heavy (non-hydrogen) atoms. The minimum atomic E-state index is 0.298. The van der Waals surface area contributed by atoms with Crippen LogP contribution in [0.15, 0.2) is 24.3 Å². The Balaban J connectivity index is 2.13. The van der Waals surface area contributed by atoms with Crippen LogP contribution in [-0.2, 0) is 6.42 Å². The van der Waals surface area contributed by atoms with Gasteiger partial charge in [0.1, 0.15) is 0 Å². The summed E-state index contributed by atoms with van der Waals surface area (Å²) in [4.78, 5) is 0. The van der Waals surface area contributed by atoms with Crippen molar-refractivity contribution < 1.29 is 5.11 Å². The van der Waals surface area contributed by atoms with Crippen molar-refractivity contribution in [3.8, 4) is 0 Å². The second-order valence-corrected chi connectivity index (χ2v) is 5.59. The van der Waals surface area contributed by atoms with E-state index in [0.29, 0.717) is 11.9 Å². The zero-order chi connectivity index (χ0) is 11.8. The van der Waals surface area contributed by atoms with Gasteiger partial charge in [0.2, 0.25) is 0 Å². The Morgan fingerprint density at radius 1 is 1.31 bits per heavy atom. The molecule has 1 aromatic rings. The van der Waals surface area contributed by atoms with Gasteiger partial charge in [0.25, 0.3) is 0 Å². The lowest BCUT2D eigenvalue weighted by Gasteiger charge is -2.08. The quantitative estimate of drug-likeness (QED) is 0.568. The maximum Gasteiger partial charge on any atom is 0.0441 e. The highest BCUT2D eigenvalue weighted by Crippen LogP contribution is 2.16. The first kappa shape index (κ1) is 13.4. The van der Waals surface area contributed by atoms with Gasteiger partial charge in [0, 0.05) is 17.5 Å². The van der Waals surface area contributed by atoms with Gasteiger partial charge in [-0.2, -0.15) is 11.8 Å². The molecule has 3 N–H and O–H groups in total. The Hall–Kier alpha value is -0.670. The van der Waals surface area contributed by atoms with E-state index in [9.17, 15) is 0 Å². The molecule has 0 bridgehead atoms. The molecular formula is C13H21NOS. The molecule has 0 aliphatic heterocycles. The fourth-order valence-corrected chi connectivity index (χ4v) is 2.50. The Bertz CT molecular complexity index is 286. The third-order valence-electron chi connectivity index (χ3n) is 2.53. The van der Waals surface area contributed by atoms with Crippen LogP contribution in [0.2, 0.25) is 0 Å². The third kappa shape index (κ3) is 5.42. The standard InChI is InChI=1S/C13H21NOS/c1-11(8-9-15)16-10-2-3-12-4-6-13(14)7-5-12/h4-7,11,15H,2-3,8-10,14H2,1H3. The smallest absolute Gasteiger partial charge is 0.0441 e. The monoisotopic (exact) mass is 239 g/mol. The van der Waals surface area contributed by atoms with Crippen LogP contribution in [0, 0.1) is 0 Å². The molecule has 1 unspecified atom stereocenters. The molecule has 0 saturated heterocycles. The van der Waals surface area contributed by atoms with Gasteiger partial charge in [-0.05, 0) is 42.7 Å². The Labute approximate surface area is 102 Å². The zero-order valence-corrected chi connectivity index (χ0v) is 10.7. The van der Waals surface area contributed by atoms with Crippen LogP contribution in [-0.4, -0.2) is 22.7 Å². The largest absolute Gasteiger partial charge is 0.399 e. The summed E-state index contributed by atoms with van der Waals surface area (Å²) in [5.74, 6) is 1.16. The van der Waals surface area contributed by atoms with Crippen LogP contribution < -0.4 is 5.73 Å². The molecule has 1 atom stereocenters. The molecular weight excluding hydrogens is 218 g/mol. The van der Waals surface area contributed by atoms with Crippen molar-refractivity contribution in [3.63, 3.8) is 0 Å². The summed E-state index contributed by atoms with van der Waals surface area (Å²) in [7, 11) is 0. The molecule has 0 aromatic heterocycles. The molecule has 90 valence electrons. The lowest BCUT2D eigenvalue weighted by atomic mass is 10.1. The van der Waals surface area contributed by atoms with Gasteiger partial charge in [0.05, 0.1) is 0 Å². The minimum absolute atomic E-state index is 0.298. The van der Waals surface area contributed by atoms with Gasteiger partial charge < -0.3 is 10.8 Å². The highest BCUT2D eigenvalue weighted by Gasteiger charge is 2.01. The van der Waals surface area contributed by atoms with Crippen molar-refractivity contribution in [2.45, 2.75) is 31.4 Å². The van der Waals surface area contributed by atoms with E-state index in [1.54, 1.807) is 0 Å². The highest BCUT2D eigenvalue weighted by atomic mass is 32.2. The van der Waals surface area contributed by atoms with Crippen molar-refractivity contribution in [1.82, 2.24) is 0 Å². The van der Waals surface area contributed by atoms with E-state index < -0.39 is 0 Å². The summed E-state index contributed by atoms with van der Waals surface area (Å²) in [6.45, 7) is 2.47. The first-order valence-electron chi connectivity index (χ1n) is 5.79. The minimum Gasteiger partial charge on any atom is -0.399 e. The van der Waals surface area contributed by atoms with E-state index in [2.05, 4.69) is 19.1 Å². The number of rotatable bonds is 7. The van der Waals surface area contributed by atoms with Crippen LogP contribution in [0.5, 0.6) is 0 Å². The summed E-state index contributed by atoms with van der Waals surface area (Å²) < 4.78 is 0. The van der Waals surface area contributed by atoms with Crippen molar-refractivity contribution in [2.24, 2.45) is 0 Å². The molecule has 0 heterocycles. The lowest BCUT2D eigenvalue weighted by molar-refractivity contribution is 0.289. The Morgan fingerprint density at radius 2 is 2.00 bits per heavy atom. The maximum atomic E-state index is 8.77. The van der Waals surface area contributed by atoms with E-state index >= 15 is 0 Å². The number of nitrogen functional groups attached to an aromatic ring is 1. The predicted octanol–water partition coefficient (Wildman–Crippen LogP) is 2.71.